The van der Waals surface area contributed by atoms with E-state index < -0.39 is 20.2 Å². The van der Waals surface area contributed by atoms with Gasteiger partial charge in [-0.1, -0.05) is 0 Å². The number of hydrogen-bond acceptors (Lipinski definition) is 8. The molecule has 0 bridgehead atoms. The van der Waals surface area contributed by atoms with Crippen molar-refractivity contribution in [3.05, 3.63) is 0 Å². The molecule has 0 amide bonds. The van der Waals surface area contributed by atoms with Gasteiger partial charge in [-0.3, -0.25) is 4.57 Å². The van der Waals surface area contributed by atoms with E-state index in [9.17, 15) is 4.57 Å². The van der Waals surface area contributed by atoms with Gasteiger partial charge in [-0.05, 0) is 0 Å². The van der Waals surface area contributed by atoms with Gasteiger partial charge in [0.25, 0.3) is 0 Å². The monoisotopic (exact) mass is 258 g/mol. The van der Waals surface area contributed by atoms with E-state index in [4.69, 9.17) is 14.2 Å². The summed E-state index contributed by atoms with van der Waals surface area (Å²) < 4.78 is 36.1. The van der Waals surface area contributed by atoms with Gasteiger partial charge in [0, 0.05) is 7.11 Å². The fourth-order valence-electron chi connectivity index (χ4n) is 1.14. The Morgan fingerprint density at radius 1 is 1.25 bits per heavy atom. The van der Waals surface area contributed by atoms with E-state index in [1.54, 1.807) is 0 Å². The molecule has 0 aromatic rings. The summed E-state index contributed by atoms with van der Waals surface area (Å²) in [6.07, 6.45) is -1.39. The molecule has 8 nitrogen and oxygen atoms in total. The largest absolute Gasteiger partial charge is 0.389 e. The summed E-state index contributed by atoms with van der Waals surface area (Å²) in [6.45, 7) is 0.251. The lowest BCUT2D eigenvalue weighted by atomic mass is 10.7. The molecule has 1 aliphatic heterocycles. The van der Waals surface area contributed by atoms with Crippen molar-refractivity contribution in [2.24, 2.45) is 0 Å². The molecule has 9 heteroatoms. The van der Waals surface area contributed by atoms with Crippen LogP contribution in [0, 0.1) is 0 Å². The lowest BCUT2D eigenvalue weighted by Crippen LogP contribution is -2.18. The van der Waals surface area contributed by atoms with Crippen LogP contribution in [0.3, 0.4) is 0 Å². The van der Waals surface area contributed by atoms with Crippen LogP contribution in [-0.4, -0.2) is 46.7 Å². The molecule has 1 fully saturated rings. The molecule has 0 aromatic carbocycles. The molecular weight excluding hydrogens is 243 g/mol. The van der Waals surface area contributed by atoms with Crippen LogP contribution in [0.25, 0.3) is 0 Å². The Bertz CT molecular complexity index is 237. The van der Waals surface area contributed by atoms with Crippen molar-refractivity contribution in [2.45, 2.75) is 12.6 Å². The number of hydrogen-bond donors (Lipinski definition) is 0. The minimum absolute atomic E-state index is 0.158. The highest BCUT2D eigenvalue weighted by atomic mass is 31.2. The summed E-state index contributed by atoms with van der Waals surface area (Å²) >= 11 is 0. The summed E-state index contributed by atoms with van der Waals surface area (Å²) in [6, 6.07) is 0. The Labute approximate surface area is 93.0 Å². The van der Waals surface area contributed by atoms with Crippen molar-refractivity contribution in [1.82, 2.24) is 0 Å². The molecule has 1 rings (SSSR count). The predicted octanol–water partition coefficient (Wildman–Crippen LogP) is 0.681. The minimum atomic E-state index is -3.56. The van der Waals surface area contributed by atoms with Crippen molar-refractivity contribution >= 4 is 7.60 Å². The summed E-state index contributed by atoms with van der Waals surface area (Å²) in [4.78, 5) is 8.63. The van der Waals surface area contributed by atoms with Crippen LogP contribution in [0.5, 0.6) is 0 Å². The first-order chi connectivity index (χ1) is 7.63. The van der Waals surface area contributed by atoms with Crippen molar-refractivity contribution in [3.63, 3.8) is 0 Å². The molecule has 96 valence electrons. The van der Waals surface area contributed by atoms with Crippen molar-refractivity contribution < 1.29 is 37.9 Å². The molecule has 0 aromatic heterocycles. The van der Waals surface area contributed by atoms with E-state index in [2.05, 4.69) is 19.1 Å². The van der Waals surface area contributed by atoms with E-state index in [0.29, 0.717) is 0 Å². The Morgan fingerprint density at radius 3 is 2.31 bits per heavy atom. The highest BCUT2D eigenvalue weighted by Crippen LogP contribution is 2.49. The molecule has 2 unspecified atom stereocenters. The molecule has 0 radical (unpaired) electrons. The topological polar surface area (TPSA) is 81.7 Å². The molecule has 2 atom stereocenters. The first-order valence-corrected chi connectivity index (χ1v) is 6.20. The van der Waals surface area contributed by atoms with E-state index in [1.807, 2.05) is 0 Å². The van der Waals surface area contributed by atoms with Gasteiger partial charge in [0.1, 0.15) is 12.8 Å². The molecule has 16 heavy (non-hydrogen) atoms. The van der Waals surface area contributed by atoms with Crippen molar-refractivity contribution in [2.75, 3.05) is 34.1 Å². The van der Waals surface area contributed by atoms with Gasteiger partial charge in [0.15, 0.2) is 12.6 Å². The first kappa shape index (κ1) is 14.0. The zero-order valence-electron chi connectivity index (χ0n) is 9.28. The quantitative estimate of drug-likeness (QED) is 0.374. The Balaban J connectivity index is 2.46. The van der Waals surface area contributed by atoms with Crippen molar-refractivity contribution in [1.29, 1.82) is 0 Å². The molecule has 0 saturated carbocycles. The zero-order chi connectivity index (χ0) is 12.0. The fourth-order valence-corrected chi connectivity index (χ4v) is 2.29. The normalized spacial score (nSPS) is 26.2. The molecule has 0 spiro atoms. The average molecular weight is 258 g/mol. The lowest BCUT2D eigenvalue weighted by molar-refractivity contribution is -0.244. The first-order valence-electron chi connectivity index (χ1n) is 4.47. The number of methoxy groups -OCH3 is 1. The van der Waals surface area contributed by atoms with Crippen LogP contribution >= 0.6 is 7.60 Å². The fraction of sp³-hybridized carbons (Fsp3) is 1.00. The van der Waals surface area contributed by atoms with E-state index >= 15 is 0 Å². The van der Waals surface area contributed by atoms with E-state index in [0.717, 1.165) is 0 Å². The van der Waals surface area contributed by atoms with E-state index in [-0.39, 0.29) is 12.8 Å². The van der Waals surface area contributed by atoms with Gasteiger partial charge < -0.3 is 14.2 Å². The standard InChI is InChI=1S/C7H15O8P/c1-9-6-4-12-7(13-6)5-16(8,14-10-2)15-11-3/h6-7H,4-5H2,1-3H3. The molecule has 0 N–H and O–H groups in total. The second kappa shape index (κ2) is 6.63. The van der Waals surface area contributed by atoms with Gasteiger partial charge in [-0.15, -0.1) is 9.35 Å². The summed E-state index contributed by atoms with van der Waals surface area (Å²) in [7, 11) is 0.341. The highest BCUT2D eigenvalue weighted by molar-refractivity contribution is 7.53. The van der Waals surface area contributed by atoms with Crippen LogP contribution in [0.15, 0.2) is 0 Å². The summed E-state index contributed by atoms with van der Waals surface area (Å²) in [5, 5.41) is 0. The lowest BCUT2D eigenvalue weighted by Gasteiger charge is -2.16. The average Bonchev–Trinajstić information content (AvgIpc) is 2.65. The number of ether oxygens (including phenoxy) is 3. The molecular formula is C7H15O8P. The molecule has 1 saturated heterocycles. The Hall–Kier alpha value is -0.0500. The Kier molecular flexibility index (Phi) is 5.81. The maximum Gasteiger partial charge on any atom is 0.389 e. The van der Waals surface area contributed by atoms with Crippen molar-refractivity contribution in [3.8, 4) is 0 Å². The highest BCUT2D eigenvalue weighted by Gasteiger charge is 2.37. The van der Waals surface area contributed by atoms with Gasteiger partial charge in [0.05, 0.1) is 14.2 Å². The van der Waals surface area contributed by atoms with Gasteiger partial charge in [-0.25, -0.2) is 9.78 Å². The van der Waals surface area contributed by atoms with Crippen LogP contribution < -0.4 is 0 Å². The maximum atomic E-state index is 11.9. The van der Waals surface area contributed by atoms with Crippen LogP contribution in [0.2, 0.25) is 0 Å². The van der Waals surface area contributed by atoms with E-state index in [1.165, 1.54) is 21.3 Å². The van der Waals surface area contributed by atoms with Crippen LogP contribution in [0.1, 0.15) is 0 Å². The predicted molar refractivity (Wildman–Crippen MR) is 50.3 cm³/mol. The third-order valence-electron chi connectivity index (χ3n) is 1.73. The Morgan fingerprint density at radius 2 is 1.88 bits per heavy atom. The van der Waals surface area contributed by atoms with Crippen LogP contribution in [0.4, 0.5) is 0 Å². The third kappa shape index (κ3) is 4.08. The second-order valence-electron chi connectivity index (χ2n) is 2.84. The van der Waals surface area contributed by atoms with Gasteiger partial charge in [-0.2, -0.15) is 0 Å². The smallest absolute Gasteiger partial charge is 0.353 e. The minimum Gasteiger partial charge on any atom is -0.353 e. The van der Waals surface area contributed by atoms with Crippen LogP contribution in [-0.2, 0) is 37.9 Å². The number of rotatable bonds is 7. The molecule has 0 aliphatic carbocycles. The second-order valence-corrected chi connectivity index (χ2v) is 4.73. The third-order valence-corrected chi connectivity index (χ3v) is 3.23. The summed E-state index contributed by atoms with van der Waals surface area (Å²) in [5.41, 5.74) is 0. The van der Waals surface area contributed by atoms with Gasteiger partial charge >= 0.3 is 7.60 Å². The van der Waals surface area contributed by atoms with Gasteiger partial charge in [0.2, 0.25) is 0 Å². The maximum absolute atomic E-state index is 11.9. The SMILES string of the molecule is COOP(=O)(CC1OCC(OC)O1)OOC. The summed E-state index contributed by atoms with van der Waals surface area (Å²) in [5.74, 6) is 0. The zero-order valence-corrected chi connectivity index (χ0v) is 10.2. The molecule has 1 heterocycles. The molecule has 1 aliphatic rings.